The molecule has 0 radical (unpaired) electrons. The highest BCUT2D eigenvalue weighted by Crippen LogP contribution is 2.15. The van der Waals surface area contributed by atoms with E-state index in [1.165, 1.54) is 58.5 Å². The van der Waals surface area contributed by atoms with E-state index in [1.54, 1.807) is 0 Å². The molecule has 0 atom stereocenters. The first-order valence-corrected chi connectivity index (χ1v) is 6.99. The highest BCUT2D eigenvalue weighted by Gasteiger charge is 2.23. The van der Waals surface area contributed by atoms with Gasteiger partial charge in [0, 0.05) is 19.1 Å². The highest BCUT2D eigenvalue weighted by molar-refractivity contribution is 4.80. The van der Waals surface area contributed by atoms with E-state index < -0.39 is 0 Å². The molecular weight excluding hydrogens is 198 g/mol. The molecule has 0 saturated carbocycles. The monoisotopic (exact) mass is 227 g/mol. The van der Waals surface area contributed by atoms with Crippen molar-refractivity contribution >= 4 is 0 Å². The van der Waals surface area contributed by atoms with Crippen molar-refractivity contribution in [2.75, 3.05) is 46.3 Å². The summed E-state index contributed by atoms with van der Waals surface area (Å²) in [6.45, 7) is 11.5. The predicted molar refractivity (Wildman–Crippen MR) is 70.9 cm³/mol. The zero-order valence-corrected chi connectivity index (χ0v) is 11.3. The fourth-order valence-corrected chi connectivity index (χ4v) is 2.59. The molecule has 2 saturated heterocycles. The van der Waals surface area contributed by atoms with Crippen LogP contribution in [0.2, 0.25) is 0 Å². The van der Waals surface area contributed by atoms with Gasteiger partial charge in [0.25, 0.3) is 0 Å². The number of rotatable bonds is 1. The Hall–Kier alpha value is -0.120. The fraction of sp³-hybridized carbons (Fsp3) is 1.00. The lowest BCUT2D eigenvalue weighted by molar-refractivity contribution is 0.127. The second-order valence-corrected chi connectivity index (χ2v) is 4.67. The normalized spacial score (nSPS) is 25.7. The zero-order valence-electron chi connectivity index (χ0n) is 11.3. The Morgan fingerprint density at radius 1 is 0.938 bits per heavy atom. The summed E-state index contributed by atoms with van der Waals surface area (Å²) in [5.41, 5.74) is 0. The molecule has 3 heteroatoms. The van der Waals surface area contributed by atoms with Gasteiger partial charge in [0.2, 0.25) is 0 Å². The maximum absolute atomic E-state index is 3.47. The van der Waals surface area contributed by atoms with Gasteiger partial charge in [0.05, 0.1) is 0 Å². The lowest BCUT2D eigenvalue weighted by Gasteiger charge is -2.36. The highest BCUT2D eigenvalue weighted by atomic mass is 15.2. The van der Waals surface area contributed by atoms with Crippen molar-refractivity contribution in [2.45, 2.75) is 39.2 Å². The third-order valence-electron chi connectivity index (χ3n) is 3.58. The molecule has 0 bridgehead atoms. The van der Waals surface area contributed by atoms with Gasteiger partial charge in [0.1, 0.15) is 0 Å². The van der Waals surface area contributed by atoms with Gasteiger partial charge in [-0.2, -0.15) is 0 Å². The van der Waals surface area contributed by atoms with Crippen LogP contribution < -0.4 is 5.32 Å². The molecule has 2 aliphatic rings. The van der Waals surface area contributed by atoms with E-state index in [2.05, 4.69) is 22.2 Å². The van der Waals surface area contributed by atoms with Gasteiger partial charge >= 0.3 is 0 Å². The topological polar surface area (TPSA) is 18.5 Å². The van der Waals surface area contributed by atoms with Crippen molar-refractivity contribution in [1.82, 2.24) is 15.1 Å². The number of nitrogens with zero attached hydrogens (tertiary/aromatic N) is 2. The third-order valence-corrected chi connectivity index (χ3v) is 3.58. The van der Waals surface area contributed by atoms with E-state index in [0.717, 1.165) is 6.04 Å². The van der Waals surface area contributed by atoms with Crippen LogP contribution >= 0.6 is 0 Å². The molecule has 0 aromatic carbocycles. The zero-order chi connectivity index (χ0) is 11.8. The van der Waals surface area contributed by atoms with Crippen molar-refractivity contribution in [2.24, 2.45) is 0 Å². The molecule has 2 aliphatic heterocycles. The Morgan fingerprint density at radius 2 is 1.62 bits per heavy atom. The number of nitrogens with one attached hydrogen (secondary N) is 1. The Kier molecular flexibility index (Phi) is 7.01. The predicted octanol–water partition coefficient (Wildman–Crippen LogP) is 1.40. The Labute approximate surface area is 101 Å². The second kappa shape index (κ2) is 8.04. The van der Waals surface area contributed by atoms with Crippen LogP contribution in [0.25, 0.3) is 0 Å². The van der Waals surface area contributed by atoms with E-state index in [9.17, 15) is 0 Å². The van der Waals surface area contributed by atoms with Crippen molar-refractivity contribution in [3.8, 4) is 0 Å². The standard InChI is InChI=1S/C11H23N3.C2H6/c1-13-8-3-11(4-9-13)14-7-2-5-12-6-10-14;1-2/h11-12H,2-10H2,1H3;1-2H3. The second-order valence-electron chi connectivity index (χ2n) is 4.67. The maximum atomic E-state index is 3.47. The number of likely N-dealkylation sites (tertiary alicyclic amines) is 1. The third kappa shape index (κ3) is 4.40. The minimum atomic E-state index is 0.867. The quantitative estimate of drug-likeness (QED) is 0.730. The summed E-state index contributed by atoms with van der Waals surface area (Å²) in [6, 6.07) is 0.867. The smallest absolute Gasteiger partial charge is 0.0120 e. The molecular formula is C13H29N3. The molecule has 0 aliphatic carbocycles. The van der Waals surface area contributed by atoms with Crippen LogP contribution in [0.5, 0.6) is 0 Å². The van der Waals surface area contributed by atoms with Crippen LogP contribution in [0.1, 0.15) is 33.1 Å². The lowest BCUT2D eigenvalue weighted by Crippen LogP contribution is -2.44. The number of hydrogen-bond donors (Lipinski definition) is 1. The number of hydrogen-bond acceptors (Lipinski definition) is 3. The van der Waals surface area contributed by atoms with E-state index in [0.29, 0.717) is 0 Å². The molecule has 0 spiro atoms. The van der Waals surface area contributed by atoms with Crippen LogP contribution in [-0.2, 0) is 0 Å². The van der Waals surface area contributed by atoms with E-state index in [1.807, 2.05) is 13.8 Å². The first-order valence-electron chi connectivity index (χ1n) is 6.99. The van der Waals surface area contributed by atoms with Crippen LogP contribution in [-0.4, -0.2) is 62.2 Å². The van der Waals surface area contributed by atoms with E-state index in [4.69, 9.17) is 0 Å². The van der Waals surface area contributed by atoms with E-state index >= 15 is 0 Å². The molecule has 0 unspecified atom stereocenters. The van der Waals surface area contributed by atoms with Crippen molar-refractivity contribution in [1.29, 1.82) is 0 Å². The molecule has 2 rings (SSSR count). The minimum Gasteiger partial charge on any atom is -0.315 e. The van der Waals surface area contributed by atoms with Crippen molar-refractivity contribution in [3.63, 3.8) is 0 Å². The molecule has 16 heavy (non-hydrogen) atoms. The summed E-state index contributed by atoms with van der Waals surface area (Å²) in [7, 11) is 2.24. The fourth-order valence-electron chi connectivity index (χ4n) is 2.59. The molecule has 3 nitrogen and oxygen atoms in total. The van der Waals surface area contributed by atoms with Crippen LogP contribution in [0, 0.1) is 0 Å². The lowest BCUT2D eigenvalue weighted by atomic mass is 10.0. The SMILES string of the molecule is CC.CN1CCC(N2CCCNCC2)CC1. The van der Waals surface area contributed by atoms with Gasteiger partial charge < -0.3 is 10.2 Å². The average molecular weight is 227 g/mol. The van der Waals surface area contributed by atoms with Gasteiger partial charge in [0.15, 0.2) is 0 Å². The van der Waals surface area contributed by atoms with E-state index in [-0.39, 0.29) is 0 Å². The first-order chi connectivity index (χ1) is 7.86. The summed E-state index contributed by atoms with van der Waals surface area (Å²) >= 11 is 0. The average Bonchev–Trinajstić information content (AvgIpc) is 2.61. The molecule has 0 aromatic heterocycles. The molecule has 96 valence electrons. The molecule has 2 heterocycles. The van der Waals surface area contributed by atoms with Gasteiger partial charge in [-0.05, 0) is 52.5 Å². The molecule has 2 fully saturated rings. The summed E-state index contributed by atoms with van der Waals surface area (Å²) in [5.74, 6) is 0. The summed E-state index contributed by atoms with van der Waals surface area (Å²) in [5, 5.41) is 3.47. The minimum absolute atomic E-state index is 0.867. The maximum Gasteiger partial charge on any atom is 0.0120 e. The number of piperidine rings is 1. The van der Waals surface area contributed by atoms with Crippen LogP contribution in [0.4, 0.5) is 0 Å². The van der Waals surface area contributed by atoms with Gasteiger partial charge in [-0.1, -0.05) is 13.8 Å². The van der Waals surface area contributed by atoms with Crippen LogP contribution in [0.3, 0.4) is 0 Å². The van der Waals surface area contributed by atoms with Gasteiger partial charge in [-0.15, -0.1) is 0 Å². The molecule has 1 N–H and O–H groups in total. The van der Waals surface area contributed by atoms with Gasteiger partial charge in [-0.3, -0.25) is 4.90 Å². The Balaban J connectivity index is 0.000000606. The van der Waals surface area contributed by atoms with Crippen LogP contribution in [0.15, 0.2) is 0 Å². The molecule has 0 aromatic rings. The summed E-state index contributed by atoms with van der Waals surface area (Å²) in [6.07, 6.45) is 4.07. The largest absolute Gasteiger partial charge is 0.315 e. The first kappa shape index (κ1) is 13.9. The summed E-state index contributed by atoms with van der Waals surface area (Å²) in [4.78, 5) is 5.15. The molecule has 0 amide bonds. The Bertz CT molecular complexity index is 157. The van der Waals surface area contributed by atoms with Crippen molar-refractivity contribution in [3.05, 3.63) is 0 Å². The van der Waals surface area contributed by atoms with Crippen molar-refractivity contribution < 1.29 is 0 Å². The Morgan fingerprint density at radius 3 is 2.31 bits per heavy atom. The summed E-state index contributed by atoms with van der Waals surface area (Å²) < 4.78 is 0. The van der Waals surface area contributed by atoms with Gasteiger partial charge in [-0.25, -0.2) is 0 Å².